The Morgan fingerprint density at radius 3 is 1.33 bits per heavy atom. The third-order valence-electron chi connectivity index (χ3n) is 1.72. The van der Waals surface area contributed by atoms with Gasteiger partial charge in [0.1, 0.15) is 0 Å². The van der Waals surface area contributed by atoms with Gasteiger partial charge in [-0.15, -0.1) is 0 Å². The van der Waals surface area contributed by atoms with Crippen molar-refractivity contribution in [3.05, 3.63) is 6.92 Å². The highest BCUT2D eigenvalue weighted by Gasteiger charge is 2.78. The van der Waals surface area contributed by atoms with Crippen LogP contribution in [-0.2, 0) is 0 Å². The molecule has 0 fully saturated rings. The summed E-state index contributed by atoms with van der Waals surface area (Å²) in [5.41, 5.74) is 0. The molecule has 15 heavy (non-hydrogen) atoms. The third kappa shape index (κ3) is 2.03. The van der Waals surface area contributed by atoms with E-state index in [9.17, 15) is 35.1 Å². The van der Waals surface area contributed by atoms with E-state index < -0.39 is 37.0 Å². The molecule has 91 valence electrons. The van der Waals surface area contributed by atoms with Gasteiger partial charge >= 0.3 is 23.7 Å². The van der Waals surface area contributed by atoms with E-state index in [1.54, 1.807) is 0 Å². The van der Waals surface area contributed by atoms with E-state index in [4.69, 9.17) is 0 Å². The molecule has 0 bridgehead atoms. The molecular formula is C7H7F8. The van der Waals surface area contributed by atoms with Crippen molar-refractivity contribution in [2.45, 2.75) is 37.0 Å². The minimum absolute atomic E-state index is 0.555. The van der Waals surface area contributed by atoms with Crippen molar-refractivity contribution in [1.29, 1.82) is 0 Å². The first-order chi connectivity index (χ1) is 6.31. The zero-order valence-electron chi connectivity index (χ0n) is 7.44. The fraction of sp³-hybridized carbons (Fsp3) is 0.857. The van der Waals surface area contributed by atoms with Crippen LogP contribution in [0.1, 0.15) is 13.3 Å². The predicted molar refractivity (Wildman–Crippen MR) is 35.4 cm³/mol. The topological polar surface area (TPSA) is 0 Å². The van der Waals surface area contributed by atoms with E-state index in [0.717, 1.165) is 0 Å². The van der Waals surface area contributed by atoms with Crippen LogP contribution in [0.5, 0.6) is 0 Å². The molecule has 0 unspecified atom stereocenters. The van der Waals surface area contributed by atoms with Gasteiger partial charge in [0.25, 0.3) is 0 Å². The Morgan fingerprint density at radius 2 is 1.13 bits per heavy atom. The van der Waals surface area contributed by atoms with Gasteiger partial charge in [0.2, 0.25) is 0 Å². The number of rotatable bonds is 4. The fourth-order valence-electron chi connectivity index (χ4n) is 0.662. The molecule has 0 amide bonds. The number of hydrogen-bond donors (Lipinski definition) is 0. The van der Waals surface area contributed by atoms with Crippen molar-refractivity contribution in [2.24, 2.45) is 0 Å². The molecule has 1 radical (unpaired) electrons. The van der Waals surface area contributed by atoms with Crippen LogP contribution in [0.4, 0.5) is 35.1 Å². The van der Waals surface area contributed by atoms with Crippen LogP contribution in [0, 0.1) is 6.92 Å². The van der Waals surface area contributed by atoms with Crippen LogP contribution < -0.4 is 0 Å². The van der Waals surface area contributed by atoms with Crippen molar-refractivity contribution in [2.75, 3.05) is 0 Å². The SMILES string of the molecule is [CH2]CC(F)(F)C(F)(F)C(F)(F)C(C)(F)F. The number of alkyl halides is 8. The zero-order valence-corrected chi connectivity index (χ0v) is 7.44. The van der Waals surface area contributed by atoms with Gasteiger partial charge in [0.15, 0.2) is 0 Å². The molecular weight excluding hydrogens is 236 g/mol. The molecule has 0 saturated heterocycles. The second kappa shape index (κ2) is 3.48. The maximum absolute atomic E-state index is 12.5. The molecule has 0 nitrogen and oxygen atoms in total. The van der Waals surface area contributed by atoms with Crippen molar-refractivity contribution in [3.8, 4) is 0 Å². The van der Waals surface area contributed by atoms with E-state index in [0.29, 0.717) is 0 Å². The van der Waals surface area contributed by atoms with Crippen molar-refractivity contribution in [3.63, 3.8) is 0 Å². The second-order valence-electron chi connectivity index (χ2n) is 2.99. The van der Waals surface area contributed by atoms with Crippen molar-refractivity contribution in [1.82, 2.24) is 0 Å². The summed E-state index contributed by atoms with van der Waals surface area (Å²) in [4.78, 5) is 0. The highest BCUT2D eigenvalue weighted by Crippen LogP contribution is 2.53. The molecule has 0 aromatic heterocycles. The van der Waals surface area contributed by atoms with Crippen LogP contribution in [0.3, 0.4) is 0 Å². The van der Waals surface area contributed by atoms with E-state index in [2.05, 4.69) is 6.92 Å². The average Bonchev–Trinajstić information content (AvgIpc) is 2.01. The second-order valence-corrected chi connectivity index (χ2v) is 2.99. The summed E-state index contributed by atoms with van der Waals surface area (Å²) in [5, 5.41) is 0. The Labute approximate surface area is 80.3 Å². The molecule has 0 N–H and O–H groups in total. The Morgan fingerprint density at radius 1 is 0.800 bits per heavy atom. The largest absolute Gasteiger partial charge is 0.378 e. The molecule has 0 rings (SSSR count). The quantitative estimate of drug-likeness (QED) is 0.659. The van der Waals surface area contributed by atoms with Gasteiger partial charge in [-0.25, -0.2) is 0 Å². The molecule has 0 aromatic rings. The lowest BCUT2D eigenvalue weighted by Crippen LogP contribution is -2.61. The summed E-state index contributed by atoms with van der Waals surface area (Å²) >= 11 is 0. The van der Waals surface area contributed by atoms with Crippen molar-refractivity contribution >= 4 is 0 Å². The van der Waals surface area contributed by atoms with Gasteiger partial charge in [-0.05, 0) is 6.92 Å². The van der Waals surface area contributed by atoms with E-state index in [1.807, 2.05) is 0 Å². The first-order valence-corrected chi connectivity index (χ1v) is 3.62. The summed E-state index contributed by atoms with van der Waals surface area (Å²) in [5.74, 6) is -22.8. The molecule has 0 atom stereocenters. The van der Waals surface area contributed by atoms with Crippen LogP contribution in [0.15, 0.2) is 0 Å². The maximum Gasteiger partial charge on any atom is 0.378 e. The standard InChI is InChI=1S/C7H7F8/c1-3-5(10,11)7(14,15)6(12,13)4(2,8)9/h1,3H2,2H3. The summed E-state index contributed by atoms with van der Waals surface area (Å²) < 4.78 is 98.5. The lowest BCUT2D eigenvalue weighted by molar-refractivity contribution is -0.361. The molecule has 0 aliphatic carbocycles. The molecule has 0 spiro atoms. The summed E-state index contributed by atoms with van der Waals surface area (Å²) in [6.45, 7) is 1.76. The Hall–Kier alpha value is -0.560. The van der Waals surface area contributed by atoms with E-state index in [-0.39, 0.29) is 0 Å². The monoisotopic (exact) mass is 243 g/mol. The summed E-state index contributed by atoms with van der Waals surface area (Å²) in [7, 11) is 0. The van der Waals surface area contributed by atoms with Gasteiger partial charge in [0.05, 0.1) is 0 Å². The number of hydrogen-bond acceptors (Lipinski definition) is 0. The smallest absolute Gasteiger partial charge is 0.200 e. The maximum atomic E-state index is 12.5. The molecule has 0 aliphatic rings. The molecule has 0 heterocycles. The Balaban J connectivity index is 5.38. The Bertz CT molecular complexity index is 226. The van der Waals surface area contributed by atoms with Crippen LogP contribution in [-0.4, -0.2) is 23.7 Å². The van der Waals surface area contributed by atoms with Crippen molar-refractivity contribution < 1.29 is 35.1 Å². The Kier molecular flexibility index (Phi) is 3.35. The van der Waals surface area contributed by atoms with Crippen LogP contribution >= 0.6 is 0 Å². The highest BCUT2D eigenvalue weighted by molar-refractivity contribution is 5.02. The van der Waals surface area contributed by atoms with Gasteiger partial charge in [0, 0.05) is 13.3 Å². The lowest BCUT2D eigenvalue weighted by atomic mass is 9.98. The normalized spacial score (nSPS) is 15.6. The van der Waals surface area contributed by atoms with Gasteiger partial charge in [-0.1, -0.05) is 0 Å². The third-order valence-corrected chi connectivity index (χ3v) is 1.72. The minimum atomic E-state index is -6.15. The average molecular weight is 243 g/mol. The zero-order chi connectivity index (χ0) is 12.7. The first-order valence-electron chi connectivity index (χ1n) is 3.62. The summed E-state index contributed by atoms with van der Waals surface area (Å²) in [6.07, 6.45) is -1.91. The van der Waals surface area contributed by atoms with Gasteiger partial charge in [-0.2, -0.15) is 35.1 Å². The van der Waals surface area contributed by atoms with Crippen LogP contribution in [0.2, 0.25) is 0 Å². The molecule has 0 saturated carbocycles. The fourth-order valence-corrected chi connectivity index (χ4v) is 0.662. The number of halogens is 8. The van der Waals surface area contributed by atoms with E-state index in [1.165, 1.54) is 0 Å². The summed E-state index contributed by atoms with van der Waals surface area (Å²) in [6, 6.07) is 0. The van der Waals surface area contributed by atoms with E-state index >= 15 is 0 Å². The predicted octanol–water partition coefficient (Wildman–Crippen LogP) is 3.77. The molecule has 0 aliphatic heterocycles. The molecule has 8 heteroatoms. The molecule has 0 aromatic carbocycles. The first kappa shape index (κ1) is 14.4. The highest BCUT2D eigenvalue weighted by atomic mass is 19.4. The lowest BCUT2D eigenvalue weighted by Gasteiger charge is -2.35. The van der Waals surface area contributed by atoms with Gasteiger partial charge in [-0.3, -0.25) is 0 Å². The minimum Gasteiger partial charge on any atom is -0.200 e. The van der Waals surface area contributed by atoms with Crippen LogP contribution in [0.25, 0.3) is 0 Å². The van der Waals surface area contributed by atoms with Gasteiger partial charge < -0.3 is 0 Å².